The Balaban J connectivity index is 2.10. The summed E-state index contributed by atoms with van der Waals surface area (Å²) in [7, 11) is 1.74. The van der Waals surface area contributed by atoms with Crippen LogP contribution in [-0.2, 0) is 11.3 Å². The molecule has 1 N–H and O–H groups in total. The number of rotatable bonds is 4. The first-order valence-corrected chi connectivity index (χ1v) is 6.61. The SMILES string of the molecule is COCC1CCCN(c2cc(CO)c(Cl)cn2)C1. The molecule has 1 saturated heterocycles. The van der Waals surface area contributed by atoms with Gasteiger partial charge in [0.05, 0.1) is 18.2 Å². The van der Waals surface area contributed by atoms with Crippen LogP contribution >= 0.6 is 11.6 Å². The van der Waals surface area contributed by atoms with Gasteiger partial charge >= 0.3 is 0 Å². The first kappa shape index (κ1) is 13.6. The van der Waals surface area contributed by atoms with Gasteiger partial charge in [-0.25, -0.2) is 4.98 Å². The third-order valence-corrected chi connectivity index (χ3v) is 3.68. The molecular weight excluding hydrogens is 252 g/mol. The van der Waals surface area contributed by atoms with Crippen LogP contribution in [-0.4, -0.2) is 36.9 Å². The van der Waals surface area contributed by atoms with Gasteiger partial charge in [0.15, 0.2) is 0 Å². The molecule has 0 aromatic carbocycles. The van der Waals surface area contributed by atoms with Gasteiger partial charge in [-0.15, -0.1) is 0 Å². The minimum absolute atomic E-state index is 0.0519. The Labute approximate surface area is 113 Å². The minimum atomic E-state index is -0.0519. The number of aliphatic hydroxyl groups excluding tert-OH is 1. The smallest absolute Gasteiger partial charge is 0.128 e. The summed E-state index contributed by atoms with van der Waals surface area (Å²) >= 11 is 5.95. The monoisotopic (exact) mass is 270 g/mol. The number of aliphatic hydroxyl groups is 1. The standard InChI is InChI=1S/C13H19ClN2O2/c1-18-9-10-3-2-4-16(7-10)13-5-11(8-17)12(14)6-15-13/h5-6,10,17H,2-4,7-9H2,1H3. The third-order valence-electron chi connectivity index (χ3n) is 3.34. The van der Waals surface area contributed by atoms with E-state index in [2.05, 4.69) is 9.88 Å². The molecule has 1 unspecified atom stereocenters. The average Bonchev–Trinajstić information content (AvgIpc) is 2.40. The van der Waals surface area contributed by atoms with Crippen molar-refractivity contribution in [2.75, 3.05) is 31.7 Å². The highest BCUT2D eigenvalue weighted by atomic mass is 35.5. The number of hydrogen-bond donors (Lipinski definition) is 1. The van der Waals surface area contributed by atoms with Crippen molar-refractivity contribution >= 4 is 17.4 Å². The van der Waals surface area contributed by atoms with Crippen molar-refractivity contribution in [2.45, 2.75) is 19.4 Å². The number of nitrogens with zero attached hydrogens (tertiary/aromatic N) is 2. The largest absolute Gasteiger partial charge is 0.392 e. The van der Waals surface area contributed by atoms with E-state index in [1.807, 2.05) is 6.07 Å². The molecule has 0 aliphatic carbocycles. The lowest BCUT2D eigenvalue weighted by atomic mass is 9.99. The summed E-state index contributed by atoms with van der Waals surface area (Å²) in [5.41, 5.74) is 0.732. The molecule has 100 valence electrons. The quantitative estimate of drug-likeness (QED) is 0.910. The zero-order chi connectivity index (χ0) is 13.0. The van der Waals surface area contributed by atoms with Crippen LogP contribution in [0.15, 0.2) is 12.3 Å². The fourth-order valence-electron chi connectivity index (χ4n) is 2.41. The molecule has 1 aromatic heterocycles. The van der Waals surface area contributed by atoms with E-state index in [-0.39, 0.29) is 6.61 Å². The number of hydrogen-bond acceptors (Lipinski definition) is 4. The van der Waals surface area contributed by atoms with Gasteiger partial charge in [-0.05, 0) is 24.8 Å². The van der Waals surface area contributed by atoms with Crippen LogP contribution in [0.25, 0.3) is 0 Å². The summed E-state index contributed by atoms with van der Waals surface area (Å²) < 4.78 is 5.22. The molecule has 5 heteroatoms. The molecule has 0 amide bonds. The number of ether oxygens (including phenoxy) is 1. The summed E-state index contributed by atoms with van der Waals surface area (Å²) in [6, 6.07) is 1.87. The van der Waals surface area contributed by atoms with Crippen molar-refractivity contribution in [1.82, 2.24) is 4.98 Å². The van der Waals surface area contributed by atoms with Gasteiger partial charge < -0.3 is 14.7 Å². The highest BCUT2D eigenvalue weighted by molar-refractivity contribution is 6.31. The zero-order valence-corrected chi connectivity index (χ0v) is 11.4. The molecule has 1 aromatic rings. The molecule has 0 saturated carbocycles. The molecule has 18 heavy (non-hydrogen) atoms. The molecule has 0 spiro atoms. The van der Waals surface area contributed by atoms with Gasteiger partial charge in [0, 0.05) is 32.0 Å². The van der Waals surface area contributed by atoms with Crippen LogP contribution < -0.4 is 4.90 Å². The lowest BCUT2D eigenvalue weighted by Crippen LogP contribution is -2.37. The second-order valence-corrected chi connectivity index (χ2v) is 5.11. The maximum Gasteiger partial charge on any atom is 0.128 e. The second kappa shape index (κ2) is 6.36. The average molecular weight is 271 g/mol. The van der Waals surface area contributed by atoms with Gasteiger partial charge in [0.25, 0.3) is 0 Å². The molecule has 1 fully saturated rings. The first-order chi connectivity index (χ1) is 8.74. The van der Waals surface area contributed by atoms with Gasteiger partial charge in [0.1, 0.15) is 5.82 Å². The highest BCUT2D eigenvalue weighted by Gasteiger charge is 2.21. The molecule has 2 heterocycles. The van der Waals surface area contributed by atoms with E-state index in [9.17, 15) is 5.11 Å². The number of piperidine rings is 1. The predicted molar refractivity (Wildman–Crippen MR) is 72.0 cm³/mol. The topological polar surface area (TPSA) is 45.6 Å². The number of halogens is 1. The van der Waals surface area contributed by atoms with Crippen LogP contribution in [0.5, 0.6) is 0 Å². The Kier molecular flexibility index (Phi) is 4.80. The summed E-state index contributed by atoms with van der Waals surface area (Å²) in [4.78, 5) is 6.59. The minimum Gasteiger partial charge on any atom is -0.392 e. The van der Waals surface area contributed by atoms with Crippen LogP contribution in [0.2, 0.25) is 5.02 Å². The number of methoxy groups -OCH3 is 1. The Morgan fingerprint density at radius 2 is 2.44 bits per heavy atom. The summed E-state index contributed by atoms with van der Waals surface area (Å²) in [6.45, 7) is 2.69. The number of anilines is 1. The summed E-state index contributed by atoms with van der Waals surface area (Å²) in [5.74, 6) is 1.45. The van der Waals surface area contributed by atoms with Crippen molar-refractivity contribution < 1.29 is 9.84 Å². The molecule has 1 aliphatic heterocycles. The Morgan fingerprint density at radius 3 is 3.17 bits per heavy atom. The van der Waals surface area contributed by atoms with Crippen LogP contribution in [0.4, 0.5) is 5.82 Å². The van der Waals surface area contributed by atoms with E-state index in [0.717, 1.165) is 37.5 Å². The molecule has 1 aliphatic rings. The number of pyridine rings is 1. The first-order valence-electron chi connectivity index (χ1n) is 6.23. The van der Waals surface area contributed by atoms with Crippen molar-refractivity contribution in [3.05, 3.63) is 22.8 Å². The molecule has 0 radical (unpaired) electrons. The predicted octanol–water partition coefficient (Wildman–Crippen LogP) is 2.09. The normalized spacial score (nSPS) is 20.2. The van der Waals surface area contributed by atoms with E-state index in [4.69, 9.17) is 16.3 Å². The van der Waals surface area contributed by atoms with Gasteiger partial charge in [-0.2, -0.15) is 0 Å². The maximum atomic E-state index is 9.23. The lowest BCUT2D eigenvalue weighted by Gasteiger charge is -2.33. The molecule has 1 atom stereocenters. The van der Waals surface area contributed by atoms with Gasteiger partial charge in [0.2, 0.25) is 0 Å². The van der Waals surface area contributed by atoms with Gasteiger partial charge in [-0.1, -0.05) is 11.6 Å². The van der Waals surface area contributed by atoms with E-state index >= 15 is 0 Å². The van der Waals surface area contributed by atoms with E-state index < -0.39 is 0 Å². The molecule has 2 rings (SSSR count). The van der Waals surface area contributed by atoms with Gasteiger partial charge in [-0.3, -0.25) is 0 Å². The lowest BCUT2D eigenvalue weighted by molar-refractivity contribution is 0.143. The van der Waals surface area contributed by atoms with Crippen molar-refractivity contribution in [1.29, 1.82) is 0 Å². The fraction of sp³-hybridized carbons (Fsp3) is 0.615. The Morgan fingerprint density at radius 1 is 1.61 bits per heavy atom. The Hall–Kier alpha value is -0.840. The van der Waals surface area contributed by atoms with E-state index in [0.29, 0.717) is 10.9 Å². The summed E-state index contributed by atoms with van der Waals surface area (Å²) in [6.07, 6.45) is 3.96. The maximum absolute atomic E-state index is 9.23. The third kappa shape index (κ3) is 3.13. The van der Waals surface area contributed by atoms with Crippen LogP contribution in [0, 0.1) is 5.92 Å². The van der Waals surface area contributed by atoms with Crippen LogP contribution in [0.1, 0.15) is 18.4 Å². The second-order valence-electron chi connectivity index (χ2n) is 4.70. The zero-order valence-electron chi connectivity index (χ0n) is 10.6. The van der Waals surface area contributed by atoms with Crippen molar-refractivity contribution in [3.8, 4) is 0 Å². The Bertz CT molecular complexity index is 399. The van der Waals surface area contributed by atoms with Crippen molar-refractivity contribution in [3.63, 3.8) is 0 Å². The van der Waals surface area contributed by atoms with E-state index in [1.54, 1.807) is 13.3 Å². The highest BCUT2D eigenvalue weighted by Crippen LogP contribution is 2.25. The van der Waals surface area contributed by atoms with Crippen LogP contribution in [0.3, 0.4) is 0 Å². The number of aromatic nitrogens is 1. The molecular formula is C13H19ClN2O2. The van der Waals surface area contributed by atoms with Crippen molar-refractivity contribution in [2.24, 2.45) is 5.92 Å². The fourth-order valence-corrected chi connectivity index (χ4v) is 2.57. The summed E-state index contributed by atoms with van der Waals surface area (Å²) in [5, 5.41) is 9.75. The molecule has 4 nitrogen and oxygen atoms in total. The molecule has 0 bridgehead atoms. The van der Waals surface area contributed by atoms with E-state index in [1.165, 1.54) is 6.42 Å².